The van der Waals surface area contributed by atoms with Crippen molar-refractivity contribution in [3.05, 3.63) is 57.1 Å². The number of halogens is 1. The number of rotatable bonds is 7. The van der Waals surface area contributed by atoms with Gasteiger partial charge in [0.2, 0.25) is 0 Å². The van der Waals surface area contributed by atoms with E-state index in [1.807, 2.05) is 25.9 Å². The van der Waals surface area contributed by atoms with Crippen LogP contribution in [0.2, 0.25) is 0 Å². The summed E-state index contributed by atoms with van der Waals surface area (Å²) in [7, 11) is 5.30. The highest BCUT2D eigenvalue weighted by molar-refractivity contribution is 9.10. The van der Waals surface area contributed by atoms with Crippen molar-refractivity contribution in [2.24, 2.45) is 0 Å². The first-order chi connectivity index (χ1) is 16.6. The zero-order valence-electron chi connectivity index (χ0n) is 20.2. The largest absolute Gasteiger partial charge is 0.507 e. The highest BCUT2D eigenvalue weighted by Gasteiger charge is 2.46. The van der Waals surface area contributed by atoms with Crippen molar-refractivity contribution >= 4 is 33.4 Å². The number of benzene rings is 2. The van der Waals surface area contributed by atoms with Gasteiger partial charge in [0.1, 0.15) is 17.6 Å². The predicted octanol–water partition coefficient (Wildman–Crippen LogP) is 3.86. The second kappa shape index (κ2) is 9.91. The molecular formula is C26H29BrN2O6. The number of hydrogen-bond acceptors (Lipinski definition) is 7. The Labute approximate surface area is 212 Å². The minimum absolute atomic E-state index is 0.00593. The van der Waals surface area contributed by atoms with Gasteiger partial charge in [-0.25, -0.2) is 0 Å². The Morgan fingerprint density at radius 2 is 2.00 bits per heavy atom. The van der Waals surface area contributed by atoms with Gasteiger partial charge in [0.15, 0.2) is 11.5 Å². The fourth-order valence-electron chi connectivity index (χ4n) is 4.65. The molecule has 8 nitrogen and oxygen atoms in total. The van der Waals surface area contributed by atoms with Crippen molar-refractivity contribution in [2.45, 2.75) is 31.9 Å². The molecule has 2 N–H and O–H groups in total. The van der Waals surface area contributed by atoms with Crippen LogP contribution in [0.3, 0.4) is 0 Å². The fraction of sp³-hybridized carbons (Fsp3) is 0.385. The number of carbonyl (C=O) groups is 2. The van der Waals surface area contributed by atoms with Crippen molar-refractivity contribution in [2.75, 3.05) is 34.3 Å². The van der Waals surface area contributed by atoms with Crippen molar-refractivity contribution in [1.29, 1.82) is 0 Å². The lowest BCUT2D eigenvalue weighted by Gasteiger charge is -2.26. The number of aromatic hydroxyl groups is 1. The number of Topliss-reactive ketones (excluding diaryl/α,β-unsaturated/α-hetero) is 1. The van der Waals surface area contributed by atoms with E-state index in [1.165, 1.54) is 12.0 Å². The summed E-state index contributed by atoms with van der Waals surface area (Å²) in [6, 6.07) is 7.65. The number of carbonyl (C=O) groups excluding carboxylic acids is 2. The Morgan fingerprint density at radius 1 is 1.26 bits per heavy atom. The van der Waals surface area contributed by atoms with Gasteiger partial charge in [0.05, 0.1) is 23.2 Å². The number of aliphatic hydroxyl groups is 1. The molecule has 0 radical (unpaired) electrons. The molecule has 1 amide bonds. The van der Waals surface area contributed by atoms with Crippen LogP contribution in [0.5, 0.6) is 17.2 Å². The van der Waals surface area contributed by atoms with Gasteiger partial charge in [-0.2, -0.15) is 0 Å². The van der Waals surface area contributed by atoms with Gasteiger partial charge in [0.25, 0.3) is 11.7 Å². The molecule has 0 aliphatic carbocycles. The molecular weight excluding hydrogens is 516 g/mol. The van der Waals surface area contributed by atoms with Gasteiger partial charge in [-0.3, -0.25) is 9.59 Å². The van der Waals surface area contributed by atoms with E-state index in [9.17, 15) is 19.8 Å². The number of ketones is 1. The van der Waals surface area contributed by atoms with Crippen molar-refractivity contribution in [1.82, 2.24) is 9.80 Å². The number of hydrogen-bond donors (Lipinski definition) is 2. The number of nitrogens with zero attached hydrogens (tertiary/aromatic N) is 2. The first-order valence-electron chi connectivity index (χ1n) is 11.4. The zero-order chi connectivity index (χ0) is 25.4. The van der Waals surface area contributed by atoms with Gasteiger partial charge < -0.3 is 29.5 Å². The van der Waals surface area contributed by atoms with Crippen LogP contribution in [-0.4, -0.2) is 72.1 Å². The SMILES string of the molecule is COc1cc(C2/C(=C(/O)c3ccc4c(c3)CC(C)O4)C(=O)C(=O)N2CCCN(C)C)cc(Br)c1O. The van der Waals surface area contributed by atoms with E-state index < -0.39 is 17.7 Å². The second-order valence-electron chi connectivity index (χ2n) is 9.16. The normalized spacial score (nSPS) is 20.9. The molecule has 2 heterocycles. The van der Waals surface area contributed by atoms with E-state index in [4.69, 9.17) is 9.47 Å². The number of amides is 1. The highest BCUT2D eigenvalue weighted by Crippen LogP contribution is 2.44. The van der Waals surface area contributed by atoms with Crippen molar-refractivity contribution in [3.63, 3.8) is 0 Å². The van der Waals surface area contributed by atoms with Crippen LogP contribution in [0.4, 0.5) is 0 Å². The molecule has 2 aromatic carbocycles. The minimum atomic E-state index is -0.841. The summed E-state index contributed by atoms with van der Waals surface area (Å²) in [6.07, 6.45) is 1.37. The molecule has 2 aliphatic heterocycles. The van der Waals surface area contributed by atoms with E-state index >= 15 is 0 Å². The van der Waals surface area contributed by atoms with Crippen LogP contribution in [0.15, 0.2) is 40.4 Å². The summed E-state index contributed by atoms with van der Waals surface area (Å²) >= 11 is 3.33. The Morgan fingerprint density at radius 3 is 2.69 bits per heavy atom. The molecule has 35 heavy (non-hydrogen) atoms. The minimum Gasteiger partial charge on any atom is -0.507 e. The molecule has 0 aromatic heterocycles. The average Bonchev–Trinajstić information content (AvgIpc) is 3.31. The van der Waals surface area contributed by atoms with Crippen molar-refractivity contribution < 1.29 is 29.3 Å². The van der Waals surface area contributed by atoms with Gasteiger partial charge >= 0.3 is 0 Å². The Bertz CT molecular complexity index is 1210. The third kappa shape index (κ3) is 4.75. The first-order valence-corrected chi connectivity index (χ1v) is 12.2. The molecule has 1 fully saturated rings. The Balaban J connectivity index is 1.84. The summed E-state index contributed by atoms with van der Waals surface area (Å²) < 4.78 is 11.4. The molecule has 2 aliphatic rings. The summed E-state index contributed by atoms with van der Waals surface area (Å²) in [5.41, 5.74) is 1.93. The molecule has 4 rings (SSSR count). The van der Waals surface area contributed by atoms with Gasteiger partial charge in [0, 0.05) is 18.5 Å². The standard InChI is InChI=1S/C26H29BrN2O6/c1-14-10-16-11-15(6-7-19(16)35-14)23(30)21-22(17-12-18(27)24(31)20(13-17)34-4)29(26(33)25(21)32)9-5-8-28(2)3/h6-7,11-14,22,30-31H,5,8-10H2,1-4H3/b23-21-. The smallest absolute Gasteiger partial charge is 0.295 e. The summed E-state index contributed by atoms with van der Waals surface area (Å²) in [5.74, 6) is -0.802. The third-order valence-electron chi connectivity index (χ3n) is 6.30. The number of likely N-dealkylation sites (tertiary alicyclic amines) is 1. The lowest BCUT2D eigenvalue weighted by atomic mass is 9.94. The quantitative estimate of drug-likeness (QED) is 0.310. The van der Waals surface area contributed by atoms with Crippen LogP contribution < -0.4 is 9.47 Å². The summed E-state index contributed by atoms with van der Waals surface area (Å²) in [6.45, 7) is 3.01. The zero-order valence-corrected chi connectivity index (χ0v) is 21.8. The molecule has 9 heteroatoms. The molecule has 0 bridgehead atoms. The maximum Gasteiger partial charge on any atom is 0.295 e. The first kappa shape index (κ1) is 25.1. The van der Waals surface area contributed by atoms with Crippen LogP contribution in [0.25, 0.3) is 5.76 Å². The molecule has 2 unspecified atom stereocenters. The monoisotopic (exact) mass is 544 g/mol. The predicted molar refractivity (Wildman–Crippen MR) is 135 cm³/mol. The Kier molecular flexibility index (Phi) is 7.10. The van der Waals surface area contributed by atoms with Crippen LogP contribution in [0.1, 0.15) is 36.1 Å². The lowest BCUT2D eigenvalue weighted by molar-refractivity contribution is -0.139. The van der Waals surface area contributed by atoms with Crippen molar-refractivity contribution in [3.8, 4) is 17.2 Å². The average molecular weight is 545 g/mol. The van der Waals surface area contributed by atoms with E-state index in [-0.39, 0.29) is 28.9 Å². The number of phenols is 1. The topological polar surface area (TPSA) is 99.5 Å². The number of ether oxygens (including phenoxy) is 2. The Hall–Kier alpha value is -3.04. The third-order valence-corrected chi connectivity index (χ3v) is 6.90. The van der Waals surface area contributed by atoms with E-state index in [1.54, 1.807) is 30.3 Å². The number of methoxy groups -OCH3 is 1. The van der Waals surface area contributed by atoms with E-state index in [0.29, 0.717) is 35.0 Å². The van der Waals surface area contributed by atoms with Crippen LogP contribution in [0, 0.1) is 0 Å². The maximum absolute atomic E-state index is 13.3. The highest BCUT2D eigenvalue weighted by atomic mass is 79.9. The van der Waals surface area contributed by atoms with Crippen LogP contribution in [-0.2, 0) is 16.0 Å². The van der Waals surface area contributed by atoms with Gasteiger partial charge in [-0.05, 0) is 91.4 Å². The number of aliphatic hydroxyl groups excluding tert-OH is 1. The molecule has 1 saturated heterocycles. The van der Waals surface area contributed by atoms with Gasteiger partial charge in [-0.1, -0.05) is 0 Å². The maximum atomic E-state index is 13.3. The molecule has 0 spiro atoms. The molecule has 186 valence electrons. The number of phenolic OH excluding ortho intramolecular Hbond substituents is 1. The fourth-order valence-corrected chi connectivity index (χ4v) is 5.11. The molecule has 0 saturated carbocycles. The molecule has 2 aromatic rings. The van der Waals surface area contributed by atoms with Crippen LogP contribution >= 0.6 is 15.9 Å². The van der Waals surface area contributed by atoms with E-state index in [2.05, 4.69) is 15.9 Å². The number of fused-ring (bicyclic) bond motifs is 1. The van der Waals surface area contributed by atoms with Gasteiger partial charge in [-0.15, -0.1) is 0 Å². The summed E-state index contributed by atoms with van der Waals surface area (Å²) in [4.78, 5) is 29.9. The lowest BCUT2D eigenvalue weighted by Crippen LogP contribution is -2.32. The van der Waals surface area contributed by atoms with E-state index in [0.717, 1.165) is 17.9 Å². The summed E-state index contributed by atoms with van der Waals surface area (Å²) in [5, 5.41) is 21.7. The second-order valence-corrected chi connectivity index (χ2v) is 10.0. The molecule has 2 atom stereocenters.